The summed E-state index contributed by atoms with van der Waals surface area (Å²) in [4.78, 5) is 27.0. The number of halogens is 4. The van der Waals surface area contributed by atoms with E-state index < -0.39 is 49.6 Å². The lowest BCUT2D eigenvalue weighted by Gasteiger charge is -2.29. The number of ether oxygens (including phenoxy) is 1. The van der Waals surface area contributed by atoms with E-state index in [1.807, 2.05) is 0 Å². The van der Waals surface area contributed by atoms with E-state index in [2.05, 4.69) is 30.1 Å². The van der Waals surface area contributed by atoms with E-state index in [1.54, 1.807) is 39.1 Å². The Morgan fingerprint density at radius 3 is 2.62 bits per heavy atom. The van der Waals surface area contributed by atoms with Gasteiger partial charge >= 0.3 is 6.09 Å². The smallest absolute Gasteiger partial charge is 0.414 e. The van der Waals surface area contributed by atoms with E-state index in [9.17, 15) is 13.2 Å². The van der Waals surface area contributed by atoms with E-state index in [1.165, 1.54) is 34.1 Å². The molecule has 2 N–H and O–H groups in total. The summed E-state index contributed by atoms with van der Waals surface area (Å²) in [5.74, 6) is -2.04. The van der Waals surface area contributed by atoms with Gasteiger partial charge in [0, 0.05) is 6.54 Å². The highest BCUT2D eigenvalue weighted by molar-refractivity contribution is 7.92. The molecule has 0 saturated heterocycles. The second kappa shape index (κ2) is 12.2. The highest BCUT2D eigenvalue weighted by Gasteiger charge is 2.30. The summed E-state index contributed by atoms with van der Waals surface area (Å²) in [7, 11) is -4.42. The number of sulfonamides is 1. The van der Waals surface area contributed by atoms with Gasteiger partial charge in [-0.2, -0.15) is 5.10 Å². The first-order chi connectivity index (χ1) is 22.2. The van der Waals surface area contributed by atoms with Crippen molar-refractivity contribution in [3.05, 3.63) is 82.4 Å². The Balaban J connectivity index is 1.33. The molecule has 1 amide bonds. The molecule has 6 rings (SSSR count). The van der Waals surface area contributed by atoms with Crippen molar-refractivity contribution < 1.29 is 26.7 Å². The average molecular weight is 704 g/mol. The Labute approximate surface area is 277 Å². The monoisotopic (exact) mass is 702 g/mol. The molecule has 2 aromatic carbocycles. The fourth-order valence-corrected chi connectivity index (χ4v) is 6.68. The SMILES string of the molecule is CC(C)(C)OC(=O)N1CCCc2nn(-c3ccc4ncnc(Nc5c(F)ccc(NS(=O)(=O)c6cccc(Cl)c6Cl)c5F)c4n3)cc21. The van der Waals surface area contributed by atoms with Crippen LogP contribution >= 0.6 is 23.2 Å². The van der Waals surface area contributed by atoms with Crippen LogP contribution in [0.15, 0.2) is 59.9 Å². The van der Waals surface area contributed by atoms with Crippen LogP contribution in [0.2, 0.25) is 10.0 Å². The number of aryl methyl sites for hydroxylation is 1. The van der Waals surface area contributed by atoms with Gasteiger partial charge in [0.05, 0.1) is 38.8 Å². The number of nitrogens with one attached hydrogen (secondary N) is 2. The molecule has 1 aliphatic rings. The van der Waals surface area contributed by atoms with Crippen LogP contribution < -0.4 is 14.9 Å². The lowest BCUT2D eigenvalue weighted by Crippen LogP contribution is -2.39. The van der Waals surface area contributed by atoms with Crippen molar-refractivity contribution in [3.63, 3.8) is 0 Å². The van der Waals surface area contributed by atoms with Crippen LogP contribution in [0.5, 0.6) is 0 Å². The van der Waals surface area contributed by atoms with Gasteiger partial charge in [0.2, 0.25) is 0 Å². The van der Waals surface area contributed by atoms with Crippen LogP contribution in [0, 0.1) is 11.6 Å². The Morgan fingerprint density at radius 1 is 1.06 bits per heavy atom. The highest BCUT2D eigenvalue weighted by atomic mass is 35.5. The zero-order valence-corrected chi connectivity index (χ0v) is 27.4. The third-order valence-corrected chi connectivity index (χ3v) is 9.29. The normalized spacial score (nSPS) is 13.4. The summed E-state index contributed by atoms with van der Waals surface area (Å²) in [6, 6.07) is 9.05. The van der Waals surface area contributed by atoms with Crippen molar-refractivity contribution >= 4 is 73.2 Å². The Kier molecular flexibility index (Phi) is 8.40. The minimum Gasteiger partial charge on any atom is -0.443 e. The first kappa shape index (κ1) is 32.3. The van der Waals surface area contributed by atoms with E-state index >= 15 is 8.78 Å². The molecule has 0 radical (unpaired) electrons. The molecule has 1 aliphatic heterocycles. The third-order valence-electron chi connectivity index (χ3n) is 6.96. The summed E-state index contributed by atoms with van der Waals surface area (Å²) in [6.07, 6.45) is 3.67. The number of rotatable bonds is 6. The van der Waals surface area contributed by atoms with Crippen LogP contribution in [0.4, 0.5) is 36.5 Å². The maximum atomic E-state index is 15.7. The molecule has 12 nitrogen and oxygen atoms in total. The van der Waals surface area contributed by atoms with Crippen molar-refractivity contribution in [2.75, 3.05) is 21.5 Å². The highest BCUT2D eigenvalue weighted by Crippen LogP contribution is 2.34. The first-order valence-electron chi connectivity index (χ1n) is 14.1. The van der Waals surface area contributed by atoms with E-state index in [-0.39, 0.29) is 21.4 Å². The molecule has 4 heterocycles. The lowest BCUT2D eigenvalue weighted by atomic mass is 10.1. The van der Waals surface area contributed by atoms with E-state index in [4.69, 9.17) is 27.9 Å². The van der Waals surface area contributed by atoms with Crippen molar-refractivity contribution in [1.82, 2.24) is 24.7 Å². The van der Waals surface area contributed by atoms with Gasteiger partial charge in [-0.15, -0.1) is 0 Å². The fraction of sp³-hybridized carbons (Fsp3) is 0.233. The molecule has 0 atom stereocenters. The molecule has 5 aromatic rings. The Morgan fingerprint density at radius 2 is 1.85 bits per heavy atom. The molecule has 0 spiro atoms. The maximum absolute atomic E-state index is 15.7. The number of hydrogen-bond acceptors (Lipinski definition) is 9. The number of amides is 1. The van der Waals surface area contributed by atoms with Crippen molar-refractivity contribution in [2.45, 2.75) is 44.1 Å². The predicted molar refractivity (Wildman–Crippen MR) is 173 cm³/mol. The van der Waals surface area contributed by atoms with Crippen molar-refractivity contribution in [1.29, 1.82) is 0 Å². The zero-order chi connectivity index (χ0) is 33.7. The van der Waals surface area contributed by atoms with E-state index in [0.29, 0.717) is 42.1 Å². The van der Waals surface area contributed by atoms with Crippen LogP contribution in [-0.2, 0) is 21.2 Å². The maximum Gasteiger partial charge on any atom is 0.414 e. The quantitative estimate of drug-likeness (QED) is 0.191. The molecule has 244 valence electrons. The third kappa shape index (κ3) is 6.50. The lowest BCUT2D eigenvalue weighted by molar-refractivity contribution is 0.0577. The van der Waals surface area contributed by atoms with Crippen LogP contribution in [0.1, 0.15) is 32.9 Å². The summed E-state index contributed by atoms with van der Waals surface area (Å²) >= 11 is 12.0. The molecule has 0 fully saturated rings. The molecule has 0 unspecified atom stereocenters. The second-order valence-corrected chi connectivity index (χ2v) is 13.9. The zero-order valence-electron chi connectivity index (χ0n) is 25.1. The van der Waals surface area contributed by atoms with Gasteiger partial charge < -0.3 is 10.1 Å². The van der Waals surface area contributed by atoms with Crippen LogP contribution in [0.25, 0.3) is 16.9 Å². The standard InChI is InChI=1S/C30H26Cl2F2N8O4S/c1-30(2,3)46-29(43)41-13-5-7-18-21(41)14-42(39-18)23-12-11-20-27(37-23)28(36-15-35-20)38-26-17(33)9-10-19(25(26)34)40-47(44,45)22-8-4-6-16(31)24(22)32/h4,6,8-12,14-15,40H,5,7,13H2,1-3H3,(H,35,36,38). The number of carbonyl (C=O) groups excluding carboxylic acids is 1. The topological polar surface area (TPSA) is 144 Å². The molecule has 3 aromatic heterocycles. The van der Waals surface area contributed by atoms with Gasteiger partial charge in [0.1, 0.15) is 33.8 Å². The van der Waals surface area contributed by atoms with Crippen LogP contribution in [0.3, 0.4) is 0 Å². The largest absolute Gasteiger partial charge is 0.443 e. The minimum absolute atomic E-state index is 0.0189. The number of benzene rings is 2. The molecular formula is C30H26Cl2F2N8O4S. The number of hydrogen-bond donors (Lipinski definition) is 2. The molecular weight excluding hydrogens is 677 g/mol. The molecule has 47 heavy (non-hydrogen) atoms. The fourth-order valence-electron chi connectivity index (χ4n) is 4.86. The average Bonchev–Trinajstić information content (AvgIpc) is 3.45. The summed E-state index contributed by atoms with van der Waals surface area (Å²) in [5.41, 5.74) is -0.206. The summed E-state index contributed by atoms with van der Waals surface area (Å²) < 4.78 is 65.9. The van der Waals surface area contributed by atoms with Crippen molar-refractivity contribution in [2.24, 2.45) is 0 Å². The van der Waals surface area contributed by atoms with Gasteiger partial charge in [-0.3, -0.25) is 9.62 Å². The Bertz CT molecular complexity index is 2160. The molecule has 0 bridgehead atoms. The van der Waals surface area contributed by atoms with Gasteiger partial charge in [-0.25, -0.2) is 41.6 Å². The number of carbonyl (C=O) groups is 1. The van der Waals surface area contributed by atoms with Gasteiger partial charge in [-0.05, 0) is 70.0 Å². The van der Waals surface area contributed by atoms with E-state index in [0.717, 1.165) is 12.1 Å². The van der Waals surface area contributed by atoms with Gasteiger partial charge in [-0.1, -0.05) is 29.3 Å². The number of aromatic nitrogens is 5. The number of anilines is 4. The predicted octanol–water partition coefficient (Wildman–Crippen LogP) is 7.03. The van der Waals surface area contributed by atoms with Crippen LogP contribution in [-0.4, -0.2) is 51.4 Å². The van der Waals surface area contributed by atoms with Crippen molar-refractivity contribution in [3.8, 4) is 5.82 Å². The minimum atomic E-state index is -4.42. The molecule has 0 aliphatic carbocycles. The van der Waals surface area contributed by atoms with Gasteiger partial charge in [0.25, 0.3) is 10.0 Å². The summed E-state index contributed by atoms with van der Waals surface area (Å²) in [5, 5.41) is 6.94. The molecule has 17 heteroatoms. The van der Waals surface area contributed by atoms with Gasteiger partial charge in [0.15, 0.2) is 17.5 Å². The first-order valence-corrected chi connectivity index (χ1v) is 16.4. The number of fused-ring (bicyclic) bond motifs is 2. The Hall–Kier alpha value is -4.60. The molecule has 0 saturated carbocycles. The number of nitrogens with zero attached hydrogens (tertiary/aromatic N) is 6. The summed E-state index contributed by atoms with van der Waals surface area (Å²) in [6.45, 7) is 5.82. The number of pyridine rings is 1. The second-order valence-electron chi connectivity index (χ2n) is 11.5.